The first-order chi connectivity index (χ1) is 7.85. The lowest BCUT2D eigenvalue weighted by Crippen LogP contribution is -2.13. The molecule has 0 fully saturated rings. The van der Waals surface area contributed by atoms with Crippen LogP contribution in [0.25, 0.3) is 0 Å². The molecular formula is C15H33N. The van der Waals surface area contributed by atoms with Crippen LogP contribution in [0.4, 0.5) is 0 Å². The molecule has 0 saturated heterocycles. The average molecular weight is 227 g/mol. The Labute approximate surface area is 103 Å². The minimum atomic E-state index is 0.782. The normalized spacial score (nSPS) is 12.9. The van der Waals surface area contributed by atoms with Gasteiger partial charge in [-0.25, -0.2) is 0 Å². The summed E-state index contributed by atoms with van der Waals surface area (Å²) in [6, 6.07) is 0. The van der Waals surface area contributed by atoms with Crippen LogP contribution in [0.2, 0.25) is 0 Å². The van der Waals surface area contributed by atoms with Gasteiger partial charge in [0, 0.05) is 0 Å². The van der Waals surface area contributed by atoms with Crippen molar-refractivity contribution in [2.24, 2.45) is 11.7 Å². The molecule has 0 aromatic carbocycles. The van der Waals surface area contributed by atoms with Crippen molar-refractivity contribution in [3.05, 3.63) is 0 Å². The van der Waals surface area contributed by atoms with E-state index in [4.69, 9.17) is 5.73 Å². The summed E-state index contributed by atoms with van der Waals surface area (Å²) in [5.41, 5.74) is 5.69. The number of hydrogen-bond acceptors (Lipinski definition) is 1. The highest BCUT2D eigenvalue weighted by molar-refractivity contribution is 4.57. The topological polar surface area (TPSA) is 26.0 Å². The van der Waals surface area contributed by atoms with Gasteiger partial charge in [0.1, 0.15) is 0 Å². The Morgan fingerprint density at radius 2 is 1.25 bits per heavy atom. The van der Waals surface area contributed by atoms with Crippen LogP contribution in [-0.4, -0.2) is 6.54 Å². The highest BCUT2D eigenvalue weighted by Gasteiger charge is 2.02. The van der Waals surface area contributed by atoms with E-state index in [0.29, 0.717) is 0 Å². The summed E-state index contributed by atoms with van der Waals surface area (Å²) in [5.74, 6) is 0.782. The summed E-state index contributed by atoms with van der Waals surface area (Å²) in [6.07, 6.45) is 15.4. The second-order valence-corrected chi connectivity index (χ2v) is 5.13. The molecule has 0 rings (SSSR count). The molecule has 0 unspecified atom stereocenters. The molecular weight excluding hydrogens is 194 g/mol. The Kier molecular flexibility index (Phi) is 13.0. The molecule has 0 aliphatic carbocycles. The minimum Gasteiger partial charge on any atom is -0.330 e. The second-order valence-electron chi connectivity index (χ2n) is 5.13. The molecule has 0 aliphatic rings. The minimum absolute atomic E-state index is 0.782. The van der Waals surface area contributed by atoms with Crippen molar-refractivity contribution >= 4 is 0 Å². The maximum absolute atomic E-state index is 5.69. The quantitative estimate of drug-likeness (QED) is 0.472. The van der Waals surface area contributed by atoms with Gasteiger partial charge >= 0.3 is 0 Å². The van der Waals surface area contributed by atoms with Crippen molar-refractivity contribution < 1.29 is 0 Å². The van der Waals surface area contributed by atoms with Crippen molar-refractivity contribution in [3.8, 4) is 0 Å². The highest BCUT2D eigenvalue weighted by atomic mass is 14.5. The van der Waals surface area contributed by atoms with Crippen LogP contribution in [0, 0.1) is 5.92 Å². The van der Waals surface area contributed by atoms with E-state index < -0.39 is 0 Å². The van der Waals surface area contributed by atoms with E-state index in [2.05, 4.69) is 13.8 Å². The van der Waals surface area contributed by atoms with Crippen LogP contribution in [0.3, 0.4) is 0 Å². The Bertz CT molecular complexity index is 119. The first-order valence-electron chi connectivity index (χ1n) is 7.55. The van der Waals surface area contributed by atoms with E-state index in [1.165, 1.54) is 70.6 Å². The first kappa shape index (κ1) is 16.0. The second kappa shape index (κ2) is 13.0. The third kappa shape index (κ3) is 10.5. The standard InChI is InChI=1S/C15H33N/c1-3-5-6-7-8-9-10-11-12-13-15(4-2)14-16/h15H,3-14,16H2,1-2H3/t15-/m0/s1. The largest absolute Gasteiger partial charge is 0.330 e. The van der Waals surface area contributed by atoms with E-state index in [9.17, 15) is 0 Å². The van der Waals surface area contributed by atoms with Crippen LogP contribution >= 0.6 is 0 Å². The molecule has 0 amide bonds. The van der Waals surface area contributed by atoms with Gasteiger partial charge in [-0.05, 0) is 18.9 Å². The Morgan fingerprint density at radius 1 is 0.750 bits per heavy atom. The molecule has 0 heterocycles. The zero-order valence-corrected chi connectivity index (χ0v) is 11.6. The van der Waals surface area contributed by atoms with E-state index in [-0.39, 0.29) is 0 Å². The predicted octanol–water partition coefficient (Wildman–Crippen LogP) is 4.89. The molecule has 98 valence electrons. The molecule has 16 heavy (non-hydrogen) atoms. The van der Waals surface area contributed by atoms with Crippen molar-refractivity contribution in [2.45, 2.75) is 84.5 Å². The molecule has 0 aromatic rings. The summed E-state index contributed by atoms with van der Waals surface area (Å²) < 4.78 is 0. The molecule has 0 aliphatic heterocycles. The fraction of sp³-hybridized carbons (Fsp3) is 1.00. The van der Waals surface area contributed by atoms with Gasteiger partial charge in [0.2, 0.25) is 0 Å². The van der Waals surface area contributed by atoms with Crippen molar-refractivity contribution in [1.82, 2.24) is 0 Å². The molecule has 0 saturated carbocycles. The molecule has 0 bridgehead atoms. The third-order valence-corrected chi connectivity index (χ3v) is 3.63. The molecule has 0 spiro atoms. The summed E-state index contributed by atoms with van der Waals surface area (Å²) in [7, 11) is 0. The Hall–Kier alpha value is -0.0400. The maximum Gasteiger partial charge on any atom is -0.00490 e. The van der Waals surface area contributed by atoms with Gasteiger partial charge in [-0.2, -0.15) is 0 Å². The van der Waals surface area contributed by atoms with Crippen LogP contribution in [0.15, 0.2) is 0 Å². The number of unbranched alkanes of at least 4 members (excludes halogenated alkanes) is 8. The van der Waals surface area contributed by atoms with E-state index in [1.54, 1.807) is 0 Å². The zero-order valence-electron chi connectivity index (χ0n) is 11.6. The fourth-order valence-corrected chi connectivity index (χ4v) is 2.23. The maximum atomic E-state index is 5.69. The molecule has 1 heteroatoms. The van der Waals surface area contributed by atoms with E-state index in [0.717, 1.165) is 12.5 Å². The number of hydrogen-bond donors (Lipinski definition) is 1. The van der Waals surface area contributed by atoms with Gasteiger partial charge in [0.05, 0.1) is 0 Å². The van der Waals surface area contributed by atoms with Gasteiger partial charge < -0.3 is 5.73 Å². The molecule has 0 aromatic heterocycles. The van der Waals surface area contributed by atoms with Crippen LogP contribution in [0.1, 0.15) is 84.5 Å². The van der Waals surface area contributed by atoms with Gasteiger partial charge in [-0.3, -0.25) is 0 Å². The molecule has 1 nitrogen and oxygen atoms in total. The lowest BCUT2D eigenvalue weighted by atomic mass is 9.98. The molecule has 0 radical (unpaired) electrons. The van der Waals surface area contributed by atoms with Crippen LogP contribution in [0.5, 0.6) is 0 Å². The van der Waals surface area contributed by atoms with Crippen LogP contribution in [-0.2, 0) is 0 Å². The molecule has 1 atom stereocenters. The van der Waals surface area contributed by atoms with Crippen molar-refractivity contribution in [2.75, 3.05) is 6.54 Å². The lowest BCUT2D eigenvalue weighted by molar-refractivity contribution is 0.445. The SMILES string of the molecule is CCCCCCCCCCC[C@H](CC)CN. The van der Waals surface area contributed by atoms with Crippen LogP contribution < -0.4 is 5.73 Å². The van der Waals surface area contributed by atoms with E-state index in [1.807, 2.05) is 0 Å². The van der Waals surface area contributed by atoms with E-state index >= 15 is 0 Å². The summed E-state index contributed by atoms with van der Waals surface area (Å²) in [6.45, 7) is 5.42. The summed E-state index contributed by atoms with van der Waals surface area (Å²) >= 11 is 0. The zero-order chi connectivity index (χ0) is 12.1. The van der Waals surface area contributed by atoms with Crippen molar-refractivity contribution in [3.63, 3.8) is 0 Å². The smallest absolute Gasteiger partial charge is 0.00490 e. The number of rotatable bonds is 12. The fourth-order valence-electron chi connectivity index (χ4n) is 2.23. The van der Waals surface area contributed by atoms with Crippen molar-refractivity contribution in [1.29, 1.82) is 0 Å². The highest BCUT2D eigenvalue weighted by Crippen LogP contribution is 2.14. The van der Waals surface area contributed by atoms with Gasteiger partial charge in [0.15, 0.2) is 0 Å². The predicted molar refractivity (Wildman–Crippen MR) is 74.7 cm³/mol. The Balaban J connectivity index is 3.03. The summed E-state index contributed by atoms with van der Waals surface area (Å²) in [5, 5.41) is 0. The van der Waals surface area contributed by atoms with Gasteiger partial charge in [0.25, 0.3) is 0 Å². The van der Waals surface area contributed by atoms with Gasteiger partial charge in [-0.1, -0.05) is 78.1 Å². The number of nitrogens with two attached hydrogens (primary N) is 1. The lowest BCUT2D eigenvalue weighted by Gasteiger charge is -2.11. The average Bonchev–Trinajstić information content (AvgIpc) is 2.32. The third-order valence-electron chi connectivity index (χ3n) is 3.63. The summed E-state index contributed by atoms with van der Waals surface area (Å²) in [4.78, 5) is 0. The Morgan fingerprint density at radius 3 is 1.69 bits per heavy atom. The first-order valence-corrected chi connectivity index (χ1v) is 7.55. The van der Waals surface area contributed by atoms with Gasteiger partial charge in [-0.15, -0.1) is 0 Å². The monoisotopic (exact) mass is 227 g/mol. The molecule has 2 N–H and O–H groups in total.